The van der Waals surface area contributed by atoms with Gasteiger partial charge in [0.15, 0.2) is 11.6 Å². The van der Waals surface area contributed by atoms with Crippen LogP contribution in [-0.2, 0) is 13.0 Å². The number of hydrogen-bond donors (Lipinski definition) is 1. The highest BCUT2D eigenvalue weighted by atomic mass is 79.9. The number of aryl methyl sites for hydroxylation is 3. The lowest BCUT2D eigenvalue weighted by Crippen LogP contribution is -2.13. The number of anilines is 1. The molecular formula is C20H17BrN4O2. The molecule has 0 saturated heterocycles. The van der Waals surface area contributed by atoms with E-state index < -0.39 is 0 Å². The first kappa shape index (κ1) is 17.5. The van der Waals surface area contributed by atoms with Crippen LogP contribution in [0.5, 0.6) is 0 Å². The largest absolute Gasteiger partial charge is 0.451 e. The first-order valence-electron chi connectivity index (χ1n) is 8.52. The summed E-state index contributed by atoms with van der Waals surface area (Å²) in [4.78, 5) is 16.6. The van der Waals surface area contributed by atoms with Gasteiger partial charge in [-0.1, -0.05) is 15.9 Å². The Morgan fingerprint density at radius 3 is 2.85 bits per heavy atom. The zero-order chi connectivity index (χ0) is 18.8. The molecule has 1 amide bonds. The molecule has 3 heterocycles. The Bertz CT molecular complexity index is 1100. The summed E-state index contributed by atoms with van der Waals surface area (Å²) in [5.41, 5.74) is 2.68. The van der Waals surface area contributed by atoms with Gasteiger partial charge in [-0.15, -0.1) is 0 Å². The second-order valence-corrected chi connectivity index (χ2v) is 7.14. The molecule has 3 aromatic heterocycles. The first-order chi connectivity index (χ1) is 13.1. The number of pyridine rings is 1. The Labute approximate surface area is 164 Å². The third-order valence-electron chi connectivity index (χ3n) is 4.37. The third-order valence-corrected chi connectivity index (χ3v) is 4.86. The van der Waals surface area contributed by atoms with Gasteiger partial charge in [-0.05, 0) is 49.2 Å². The molecule has 0 aliphatic rings. The van der Waals surface area contributed by atoms with E-state index in [4.69, 9.17) is 4.42 Å². The Morgan fingerprint density at radius 1 is 1.22 bits per heavy atom. The molecule has 0 spiro atoms. The van der Waals surface area contributed by atoms with Crippen molar-refractivity contribution in [1.29, 1.82) is 0 Å². The van der Waals surface area contributed by atoms with Gasteiger partial charge in [0.25, 0.3) is 5.91 Å². The van der Waals surface area contributed by atoms with Crippen molar-refractivity contribution in [1.82, 2.24) is 14.8 Å². The molecule has 1 aromatic carbocycles. The van der Waals surface area contributed by atoms with Gasteiger partial charge in [-0.25, -0.2) is 0 Å². The Hall–Kier alpha value is -2.93. The molecule has 7 heteroatoms. The first-order valence-corrected chi connectivity index (χ1v) is 9.32. The molecule has 136 valence electrons. The van der Waals surface area contributed by atoms with Crippen molar-refractivity contribution >= 4 is 38.6 Å². The number of aromatic nitrogens is 3. The summed E-state index contributed by atoms with van der Waals surface area (Å²) >= 11 is 3.44. The van der Waals surface area contributed by atoms with Crippen molar-refractivity contribution in [3.63, 3.8) is 0 Å². The number of benzene rings is 1. The van der Waals surface area contributed by atoms with Gasteiger partial charge < -0.3 is 9.73 Å². The maximum Gasteiger partial charge on any atom is 0.292 e. The predicted molar refractivity (Wildman–Crippen MR) is 107 cm³/mol. The lowest BCUT2D eigenvalue weighted by Gasteiger charge is -2.02. The second kappa shape index (κ2) is 7.36. The zero-order valence-corrected chi connectivity index (χ0v) is 16.2. The number of carbonyl (C=O) groups excluding carboxylic acids is 1. The van der Waals surface area contributed by atoms with Crippen LogP contribution in [0.4, 0.5) is 5.82 Å². The summed E-state index contributed by atoms with van der Waals surface area (Å²) in [7, 11) is 0. The highest BCUT2D eigenvalue weighted by molar-refractivity contribution is 9.10. The van der Waals surface area contributed by atoms with E-state index in [1.165, 1.54) is 5.56 Å². The van der Waals surface area contributed by atoms with Crippen LogP contribution in [0, 0.1) is 6.92 Å². The van der Waals surface area contributed by atoms with E-state index in [1.807, 2.05) is 43.5 Å². The van der Waals surface area contributed by atoms with Gasteiger partial charge in [0, 0.05) is 46.6 Å². The van der Waals surface area contributed by atoms with Crippen LogP contribution >= 0.6 is 15.9 Å². The maximum absolute atomic E-state index is 12.6. The lowest BCUT2D eigenvalue weighted by molar-refractivity contribution is 0.0997. The molecule has 0 bridgehead atoms. The molecule has 0 fully saturated rings. The standard InChI is InChI=1S/C20H17BrN4O2/c1-13-16-12-15(21)2-3-17(16)27-19(13)20(26)23-18-7-11-25(24-18)10-6-14-4-8-22-9-5-14/h2-5,7-9,11-12H,6,10H2,1H3,(H,23,24,26). The fraction of sp³-hybridized carbons (Fsp3) is 0.150. The van der Waals surface area contributed by atoms with Gasteiger partial charge in [-0.3, -0.25) is 14.5 Å². The summed E-state index contributed by atoms with van der Waals surface area (Å²) in [6.45, 7) is 2.60. The Balaban J connectivity index is 1.46. The van der Waals surface area contributed by atoms with Crippen molar-refractivity contribution < 1.29 is 9.21 Å². The molecule has 0 aliphatic carbocycles. The van der Waals surface area contributed by atoms with E-state index in [2.05, 4.69) is 31.3 Å². The summed E-state index contributed by atoms with van der Waals surface area (Å²) in [5.74, 6) is 0.490. The lowest BCUT2D eigenvalue weighted by atomic mass is 10.1. The van der Waals surface area contributed by atoms with E-state index >= 15 is 0 Å². The average Bonchev–Trinajstić information content (AvgIpc) is 3.25. The van der Waals surface area contributed by atoms with Gasteiger partial charge >= 0.3 is 0 Å². The number of hydrogen-bond acceptors (Lipinski definition) is 4. The van der Waals surface area contributed by atoms with Crippen LogP contribution in [0.15, 0.2) is 63.9 Å². The number of halogens is 1. The predicted octanol–water partition coefficient (Wildman–Crippen LogP) is 4.59. The minimum absolute atomic E-state index is 0.300. The van der Waals surface area contributed by atoms with Crippen LogP contribution in [-0.4, -0.2) is 20.7 Å². The smallest absolute Gasteiger partial charge is 0.292 e. The molecule has 0 atom stereocenters. The van der Waals surface area contributed by atoms with E-state index in [9.17, 15) is 4.79 Å². The van der Waals surface area contributed by atoms with Crippen molar-refractivity contribution in [3.05, 3.63) is 76.3 Å². The fourth-order valence-corrected chi connectivity index (χ4v) is 3.29. The number of fused-ring (bicyclic) bond motifs is 1. The maximum atomic E-state index is 12.6. The van der Waals surface area contributed by atoms with Crippen molar-refractivity contribution in [2.75, 3.05) is 5.32 Å². The molecule has 27 heavy (non-hydrogen) atoms. The van der Waals surface area contributed by atoms with Gasteiger partial charge in [0.2, 0.25) is 0 Å². The monoisotopic (exact) mass is 424 g/mol. The van der Waals surface area contributed by atoms with Crippen LogP contribution in [0.3, 0.4) is 0 Å². The van der Waals surface area contributed by atoms with Crippen LogP contribution in [0.1, 0.15) is 21.7 Å². The minimum atomic E-state index is -0.306. The molecule has 4 rings (SSSR count). The number of nitrogens with one attached hydrogen (secondary N) is 1. The molecule has 0 radical (unpaired) electrons. The number of nitrogens with zero attached hydrogens (tertiary/aromatic N) is 3. The number of carbonyl (C=O) groups is 1. The van der Waals surface area contributed by atoms with Crippen molar-refractivity contribution in [2.24, 2.45) is 0 Å². The van der Waals surface area contributed by atoms with Gasteiger partial charge in [-0.2, -0.15) is 5.10 Å². The second-order valence-electron chi connectivity index (χ2n) is 6.22. The quantitative estimate of drug-likeness (QED) is 0.508. The summed E-state index contributed by atoms with van der Waals surface area (Å²) < 4.78 is 8.47. The van der Waals surface area contributed by atoms with E-state index in [0.29, 0.717) is 17.2 Å². The highest BCUT2D eigenvalue weighted by Crippen LogP contribution is 2.28. The zero-order valence-electron chi connectivity index (χ0n) is 14.6. The summed E-state index contributed by atoms with van der Waals surface area (Å²) in [6, 6.07) is 11.4. The fourth-order valence-electron chi connectivity index (χ4n) is 2.93. The molecule has 1 N–H and O–H groups in total. The SMILES string of the molecule is Cc1c(C(=O)Nc2ccn(CCc3ccncc3)n2)oc2ccc(Br)cc12. The van der Waals surface area contributed by atoms with Gasteiger partial charge in [0.1, 0.15) is 5.58 Å². The molecular weight excluding hydrogens is 408 g/mol. The summed E-state index contributed by atoms with van der Waals surface area (Å²) in [5, 5.41) is 8.13. The van der Waals surface area contributed by atoms with Crippen LogP contribution < -0.4 is 5.32 Å². The Kier molecular flexibility index (Phi) is 4.77. The van der Waals surface area contributed by atoms with E-state index in [1.54, 1.807) is 23.1 Å². The molecule has 0 unspecified atom stereocenters. The van der Waals surface area contributed by atoms with E-state index in [0.717, 1.165) is 28.4 Å². The minimum Gasteiger partial charge on any atom is -0.451 e. The number of furan rings is 1. The van der Waals surface area contributed by atoms with Crippen LogP contribution in [0.25, 0.3) is 11.0 Å². The normalized spacial score (nSPS) is 11.0. The summed E-state index contributed by atoms with van der Waals surface area (Å²) in [6.07, 6.45) is 6.24. The van der Waals surface area contributed by atoms with Crippen molar-refractivity contribution in [3.8, 4) is 0 Å². The Morgan fingerprint density at radius 2 is 2.04 bits per heavy atom. The molecule has 0 aliphatic heterocycles. The van der Waals surface area contributed by atoms with E-state index in [-0.39, 0.29) is 5.91 Å². The third kappa shape index (κ3) is 3.78. The van der Waals surface area contributed by atoms with Crippen molar-refractivity contribution in [2.45, 2.75) is 19.9 Å². The molecule has 4 aromatic rings. The van der Waals surface area contributed by atoms with Crippen LogP contribution in [0.2, 0.25) is 0 Å². The number of amides is 1. The molecule has 0 saturated carbocycles. The molecule has 6 nitrogen and oxygen atoms in total. The average molecular weight is 425 g/mol. The number of rotatable bonds is 5. The highest BCUT2D eigenvalue weighted by Gasteiger charge is 2.18. The van der Waals surface area contributed by atoms with Gasteiger partial charge in [0.05, 0.1) is 0 Å². The topological polar surface area (TPSA) is 73.0 Å².